The van der Waals surface area contributed by atoms with Gasteiger partial charge in [0.25, 0.3) is 5.56 Å². The van der Waals surface area contributed by atoms with Gasteiger partial charge in [-0.3, -0.25) is 23.9 Å². The fourth-order valence-electron chi connectivity index (χ4n) is 3.58. The number of hydrogen-bond acceptors (Lipinski definition) is 20. The SMILES string of the molecule is CC(=O)OCCSSCCOC(=O)OCCOCn1cnc2c(=O)[nH]c(N)nc21.Cc1ncc([N+](=O)[O-])n1CCOC(=O)CCCSSCCO. The van der Waals surface area contributed by atoms with Crippen molar-refractivity contribution in [3.05, 3.63) is 38.8 Å². The van der Waals surface area contributed by atoms with Crippen LogP contribution < -0.4 is 11.3 Å². The van der Waals surface area contributed by atoms with Crippen molar-refractivity contribution in [1.82, 2.24) is 29.1 Å². The molecular weight excluding hydrogens is 757 g/mol. The van der Waals surface area contributed by atoms with Crippen LogP contribution in [0.2, 0.25) is 0 Å². The number of esters is 2. The van der Waals surface area contributed by atoms with E-state index in [1.165, 1.54) is 50.2 Å². The first-order valence-electron chi connectivity index (χ1n) is 15.2. The summed E-state index contributed by atoms with van der Waals surface area (Å²) < 4.78 is 27.9. The van der Waals surface area contributed by atoms with Crippen LogP contribution in [-0.2, 0) is 46.5 Å². The second kappa shape index (κ2) is 25.3. The number of nitrogens with two attached hydrogens (primary N) is 1. The van der Waals surface area contributed by atoms with Crippen LogP contribution >= 0.6 is 43.2 Å². The summed E-state index contributed by atoms with van der Waals surface area (Å²) in [5, 5.41) is 19.4. The van der Waals surface area contributed by atoms with Gasteiger partial charge in [-0.05, 0) is 11.3 Å². The molecule has 20 nitrogen and oxygen atoms in total. The molecule has 0 aliphatic rings. The quantitative estimate of drug-likeness (QED) is 0.0311. The Hall–Kier alpha value is -3.71. The lowest BCUT2D eigenvalue weighted by Crippen LogP contribution is -2.15. The highest BCUT2D eigenvalue weighted by atomic mass is 33.1. The highest BCUT2D eigenvalue weighted by molar-refractivity contribution is 8.77. The van der Waals surface area contributed by atoms with Gasteiger partial charge in [-0.25, -0.2) is 19.3 Å². The largest absolute Gasteiger partial charge is 0.508 e. The van der Waals surface area contributed by atoms with E-state index in [9.17, 15) is 29.3 Å². The number of aliphatic hydroxyl groups excluding tert-OH is 1. The number of H-pyrrole nitrogens is 1. The van der Waals surface area contributed by atoms with Gasteiger partial charge in [-0.1, -0.05) is 43.2 Å². The highest BCUT2D eigenvalue weighted by Gasteiger charge is 2.17. The van der Waals surface area contributed by atoms with Crippen LogP contribution in [0.25, 0.3) is 11.2 Å². The van der Waals surface area contributed by atoms with Crippen molar-refractivity contribution in [2.24, 2.45) is 0 Å². The van der Waals surface area contributed by atoms with Crippen LogP contribution in [0.4, 0.5) is 16.6 Å². The molecule has 0 radical (unpaired) electrons. The topological polar surface area (TPSA) is 268 Å². The molecule has 0 aliphatic heterocycles. The summed E-state index contributed by atoms with van der Waals surface area (Å²) in [6, 6.07) is 0. The van der Waals surface area contributed by atoms with Gasteiger partial charge in [-0.15, -0.1) is 0 Å². The van der Waals surface area contributed by atoms with E-state index >= 15 is 0 Å². The third-order valence-electron chi connectivity index (χ3n) is 5.78. The Bertz CT molecular complexity index is 1590. The first-order valence-corrected chi connectivity index (χ1v) is 20.1. The average molecular weight is 797 g/mol. The zero-order chi connectivity index (χ0) is 37.4. The van der Waals surface area contributed by atoms with Crippen molar-refractivity contribution in [2.45, 2.75) is 40.0 Å². The molecule has 0 fully saturated rings. The second-order valence-electron chi connectivity index (χ2n) is 9.57. The number of ether oxygens (including phenoxy) is 5. The Labute approximate surface area is 307 Å². The number of nitro groups is 1. The smallest absolute Gasteiger partial charge is 0.465 e. The number of aryl methyl sites for hydroxylation is 1. The number of aliphatic hydroxyl groups is 1. The maximum absolute atomic E-state index is 11.7. The molecule has 0 unspecified atom stereocenters. The molecule has 3 aromatic heterocycles. The van der Waals surface area contributed by atoms with E-state index in [0.717, 1.165) is 5.75 Å². The van der Waals surface area contributed by atoms with Crippen molar-refractivity contribution in [1.29, 1.82) is 0 Å². The number of rotatable bonds is 23. The van der Waals surface area contributed by atoms with Gasteiger partial charge in [0.2, 0.25) is 5.95 Å². The molecule has 24 heteroatoms. The number of hydrogen-bond donors (Lipinski definition) is 3. The average Bonchev–Trinajstić information content (AvgIpc) is 3.67. The molecule has 0 saturated heterocycles. The van der Waals surface area contributed by atoms with E-state index in [1.807, 2.05) is 0 Å². The first kappa shape index (κ1) is 43.5. The van der Waals surface area contributed by atoms with E-state index < -0.39 is 16.6 Å². The highest BCUT2D eigenvalue weighted by Crippen LogP contribution is 2.22. The monoisotopic (exact) mass is 796 g/mol. The molecule has 3 rings (SSSR count). The third-order valence-corrected chi connectivity index (χ3v) is 10.6. The van der Waals surface area contributed by atoms with Gasteiger partial charge in [0.05, 0.1) is 19.5 Å². The third kappa shape index (κ3) is 17.9. The Balaban J connectivity index is 0.000000368. The van der Waals surface area contributed by atoms with Crippen LogP contribution in [0.3, 0.4) is 0 Å². The molecule has 0 bridgehead atoms. The fourth-order valence-corrected chi connectivity index (χ4v) is 7.09. The molecule has 0 aromatic carbocycles. The maximum Gasteiger partial charge on any atom is 0.508 e. The number of anilines is 1. The van der Waals surface area contributed by atoms with Crippen molar-refractivity contribution in [3.63, 3.8) is 0 Å². The zero-order valence-corrected chi connectivity index (χ0v) is 31.2. The van der Waals surface area contributed by atoms with Crippen LogP contribution in [0.1, 0.15) is 25.6 Å². The van der Waals surface area contributed by atoms with Crippen molar-refractivity contribution in [3.8, 4) is 0 Å². The number of aromatic amines is 1. The summed E-state index contributed by atoms with van der Waals surface area (Å²) in [5.74, 6) is 2.51. The van der Waals surface area contributed by atoms with Crippen LogP contribution in [0.5, 0.6) is 0 Å². The molecular formula is C27H40N8O12S4. The van der Waals surface area contributed by atoms with Gasteiger partial charge < -0.3 is 44.6 Å². The summed E-state index contributed by atoms with van der Waals surface area (Å²) in [7, 11) is 6.20. The first-order chi connectivity index (χ1) is 24.5. The number of imidazole rings is 2. The maximum atomic E-state index is 11.7. The molecule has 3 heterocycles. The summed E-state index contributed by atoms with van der Waals surface area (Å²) >= 11 is 0. The number of carbonyl (C=O) groups excluding carboxylic acids is 3. The van der Waals surface area contributed by atoms with Crippen LogP contribution in [-0.4, -0.2) is 120 Å². The molecule has 4 N–H and O–H groups in total. The molecule has 0 saturated carbocycles. The summed E-state index contributed by atoms with van der Waals surface area (Å²) in [5.41, 5.74) is 5.54. The fraction of sp³-hybridized carbons (Fsp3) is 0.593. The number of aromatic nitrogens is 6. The van der Waals surface area contributed by atoms with Crippen LogP contribution in [0.15, 0.2) is 17.3 Å². The lowest BCUT2D eigenvalue weighted by Gasteiger charge is -2.08. The number of nitrogens with one attached hydrogen (secondary N) is 1. The predicted octanol–water partition coefficient (Wildman–Crippen LogP) is 2.57. The minimum atomic E-state index is -0.784. The number of fused-ring (bicyclic) bond motifs is 1. The minimum absolute atomic E-state index is 0.00585. The molecule has 0 atom stereocenters. The van der Waals surface area contributed by atoms with E-state index in [4.69, 9.17) is 34.5 Å². The Morgan fingerprint density at radius 3 is 2.37 bits per heavy atom. The van der Waals surface area contributed by atoms with Crippen molar-refractivity contribution in [2.75, 3.05) is 68.4 Å². The van der Waals surface area contributed by atoms with E-state index in [1.54, 1.807) is 28.5 Å². The van der Waals surface area contributed by atoms with E-state index in [-0.39, 0.29) is 75.5 Å². The Morgan fingerprint density at radius 1 is 0.980 bits per heavy atom. The Kier molecular flexibility index (Phi) is 21.5. The van der Waals surface area contributed by atoms with Gasteiger partial charge in [0, 0.05) is 43.3 Å². The number of carbonyl (C=O) groups is 3. The summed E-state index contributed by atoms with van der Waals surface area (Å²) in [4.78, 5) is 69.7. The molecule has 51 heavy (non-hydrogen) atoms. The Morgan fingerprint density at radius 2 is 1.67 bits per heavy atom. The number of nitrogen functional groups attached to an aromatic ring is 1. The molecule has 3 aromatic rings. The van der Waals surface area contributed by atoms with Gasteiger partial charge in [0.15, 0.2) is 17.0 Å². The van der Waals surface area contributed by atoms with E-state index in [0.29, 0.717) is 48.2 Å². The minimum Gasteiger partial charge on any atom is -0.465 e. The van der Waals surface area contributed by atoms with Crippen LogP contribution in [0, 0.1) is 17.0 Å². The van der Waals surface area contributed by atoms with E-state index in [2.05, 4.69) is 19.9 Å². The standard InChI is InChI=1S/C15H21N5O7S2.C12H19N3O5S2/c1-10(21)25-4-6-28-29-7-5-27-15(23)26-3-2-24-9-20-8-17-11-12(20)18-14(16)19-13(11)22;1-10-13-9-11(15(18)19)14(10)4-6-20-12(17)3-2-7-21-22-8-5-16/h8H,2-7,9H2,1H3,(H3,16,18,19,22);9,16H,2-8H2,1H3. The number of nitrogens with zero attached hydrogens (tertiary/aromatic N) is 6. The molecule has 0 spiro atoms. The molecule has 284 valence electrons. The van der Waals surface area contributed by atoms with Crippen molar-refractivity contribution >= 4 is 84.2 Å². The van der Waals surface area contributed by atoms with Crippen molar-refractivity contribution < 1.29 is 48.1 Å². The summed E-state index contributed by atoms with van der Waals surface area (Å²) in [6.45, 7) is 4.22. The lowest BCUT2D eigenvalue weighted by molar-refractivity contribution is -0.392. The second-order valence-corrected chi connectivity index (χ2v) is 15.0. The van der Waals surface area contributed by atoms with Gasteiger partial charge >= 0.3 is 23.9 Å². The summed E-state index contributed by atoms with van der Waals surface area (Å²) in [6.07, 6.45) is 2.83. The van der Waals surface area contributed by atoms with Gasteiger partial charge in [0.1, 0.15) is 45.9 Å². The lowest BCUT2D eigenvalue weighted by atomic mass is 10.3. The zero-order valence-electron chi connectivity index (χ0n) is 27.9. The molecule has 0 aliphatic carbocycles. The normalized spacial score (nSPS) is 10.7. The predicted molar refractivity (Wildman–Crippen MR) is 193 cm³/mol. The van der Waals surface area contributed by atoms with Gasteiger partial charge in [-0.2, -0.15) is 4.98 Å². The molecule has 0 amide bonds.